The Morgan fingerprint density at radius 1 is 1.13 bits per heavy atom. The quantitative estimate of drug-likeness (QED) is 0.706. The topological polar surface area (TPSA) is 106 Å². The molecule has 8 nitrogen and oxygen atoms in total. The maximum Gasteiger partial charge on any atom is 0.422 e. The molecule has 0 spiro atoms. The van der Waals surface area contributed by atoms with Crippen molar-refractivity contribution >= 4 is 17.8 Å². The van der Waals surface area contributed by atoms with Crippen LogP contribution in [0.2, 0.25) is 0 Å². The zero-order valence-electron chi connectivity index (χ0n) is 16.9. The lowest BCUT2D eigenvalue weighted by Crippen LogP contribution is -2.29. The number of carbonyl (C=O) groups is 2. The van der Waals surface area contributed by atoms with E-state index in [0.29, 0.717) is 11.4 Å². The molecule has 0 aliphatic carbocycles. The highest BCUT2D eigenvalue weighted by molar-refractivity contribution is 5.94. The molecule has 11 heteroatoms. The molecule has 0 saturated heterocycles. The van der Waals surface area contributed by atoms with Crippen LogP contribution < -0.4 is 15.4 Å². The summed E-state index contributed by atoms with van der Waals surface area (Å²) < 4.78 is 41.5. The highest BCUT2D eigenvalue weighted by Crippen LogP contribution is 2.19. The number of alkyl halides is 3. The lowest BCUT2D eigenvalue weighted by Gasteiger charge is -2.15. The second kappa shape index (κ2) is 9.51. The number of pyridine rings is 1. The Labute approximate surface area is 171 Å². The Hall–Kier alpha value is -3.24. The largest absolute Gasteiger partial charge is 0.468 e. The minimum atomic E-state index is -4.48. The van der Waals surface area contributed by atoms with Gasteiger partial charge in [0.25, 0.3) is 5.91 Å². The predicted molar refractivity (Wildman–Crippen MR) is 102 cm³/mol. The average Bonchev–Trinajstić information content (AvgIpc) is 2.65. The van der Waals surface area contributed by atoms with E-state index in [0.717, 1.165) is 0 Å². The monoisotopic (exact) mass is 425 g/mol. The maximum absolute atomic E-state index is 12.6. The smallest absolute Gasteiger partial charge is 0.422 e. The van der Waals surface area contributed by atoms with Gasteiger partial charge in [0.1, 0.15) is 5.69 Å². The van der Waals surface area contributed by atoms with E-state index < -0.39 is 24.7 Å². The number of rotatable bonds is 7. The van der Waals surface area contributed by atoms with E-state index in [4.69, 9.17) is 0 Å². The van der Waals surface area contributed by atoms with Crippen molar-refractivity contribution in [2.75, 3.05) is 11.9 Å². The van der Waals surface area contributed by atoms with Gasteiger partial charge >= 0.3 is 6.18 Å². The third-order valence-electron chi connectivity index (χ3n) is 3.77. The maximum atomic E-state index is 12.6. The van der Waals surface area contributed by atoms with Gasteiger partial charge < -0.3 is 10.1 Å². The van der Waals surface area contributed by atoms with Crippen LogP contribution in [-0.4, -0.2) is 39.5 Å². The van der Waals surface area contributed by atoms with Gasteiger partial charge in [0, 0.05) is 17.7 Å². The molecule has 2 aromatic rings. The summed E-state index contributed by atoms with van der Waals surface area (Å²) in [7, 11) is 0. The molecule has 2 amide bonds. The van der Waals surface area contributed by atoms with Gasteiger partial charge in [-0.15, -0.1) is 0 Å². The van der Waals surface area contributed by atoms with E-state index in [9.17, 15) is 22.8 Å². The van der Waals surface area contributed by atoms with Gasteiger partial charge in [-0.3, -0.25) is 14.9 Å². The number of aryl methyl sites for hydroxylation is 1. The van der Waals surface area contributed by atoms with Crippen molar-refractivity contribution in [2.24, 2.45) is 5.92 Å². The van der Waals surface area contributed by atoms with Gasteiger partial charge in [-0.2, -0.15) is 13.2 Å². The molecule has 0 saturated carbocycles. The zero-order valence-corrected chi connectivity index (χ0v) is 16.9. The molecule has 0 fully saturated rings. The second-order valence-corrected chi connectivity index (χ2v) is 6.86. The molecule has 162 valence electrons. The minimum Gasteiger partial charge on any atom is -0.468 e. The normalized spacial score (nSPS) is 12.4. The number of hydrogen-bond donors (Lipinski definition) is 2. The molecule has 0 radical (unpaired) electrons. The van der Waals surface area contributed by atoms with Crippen LogP contribution in [0, 0.1) is 12.8 Å². The fourth-order valence-corrected chi connectivity index (χ4v) is 2.25. The standard InChI is InChI=1S/C19H22F3N5O3/c1-10(2)16(28)27-18-23-11(3)8-14(26-18)17(29)24-12(4)13-6-5-7-15(25-13)30-9-19(20,21)22/h5-8,10,12H,9H2,1-4H3,(H,24,29)(H,23,26,27,28). The molecular formula is C19H22F3N5O3. The predicted octanol–water partition coefficient (Wildman–Crippen LogP) is 3.21. The molecule has 2 aromatic heterocycles. The molecule has 0 aliphatic heterocycles. The molecule has 2 rings (SSSR count). The highest BCUT2D eigenvalue weighted by atomic mass is 19.4. The van der Waals surface area contributed by atoms with Crippen LogP contribution in [0.4, 0.5) is 19.1 Å². The lowest BCUT2D eigenvalue weighted by atomic mass is 10.2. The SMILES string of the molecule is Cc1cc(C(=O)NC(C)c2cccc(OCC(F)(F)F)n2)nc(NC(=O)C(C)C)n1. The average molecular weight is 425 g/mol. The first kappa shape index (κ1) is 23.0. The molecule has 30 heavy (non-hydrogen) atoms. The van der Waals surface area contributed by atoms with Crippen LogP contribution in [0.5, 0.6) is 5.88 Å². The van der Waals surface area contributed by atoms with Crippen molar-refractivity contribution in [1.29, 1.82) is 0 Å². The molecule has 1 unspecified atom stereocenters. The van der Waals surface area contributed by atoms with E-state index in [1.165, 1.54) is 18.2 Å². The number of aromatic nitrogens is 3. The van der Waals surface area contributed by atoms with Crippen LogP contribution in [0.1, 0.15) is 48.7 Å². The van der Waals surface area contributed by atoms with Gasteiger partial charge in [0.05, 0.1) is 11.7 Å². The Kier molecular flexibility index (Phi) is 7.30. The summed E-state index contributed by atoms with van der Waals surface area (Å²) in [6.45, 7) is 5.22. The van der Waals surface area contributed by atoms with Crippen LogP contribution in [-0.2, 0) is 4.79 Å². The summed E-state index contributed by atoms with van der Waals surface area (Å²) in [5.74, 6) is -1.34. The van der Waals surface area contributed by atoms with Crippen LogP contribution in [0.3, 0.4) is 0 Å². The first-order valence-electron chi connectivity index (χ1n) is 9.08. The molecule has 0 aliphatic rings. The van der Waals surface area contributed by atoms with Crippen LogP contribution >= 0.6 is 0 Å². The third kappa shape index (κ3) is 6.98. The number of halogens is 3. The van der Waals surface area contributed by atoms with E-state index in [1.807, 2.05) is 0 Å². The number of ether oxygens (including phenoxy) is 1. The van der Waals surface area contributed by atoms with Gasteiger partial charge in [0.15, 0.2) is 6.61 Å². The van der Waals surface area contributed by atoms with E-state index in [1.54, 1.807) is 33.8 Å². The fraction of sp³-hybridized carbons (Fsp3) is 0.421. The Bertz CT molecular complexity index is 919. The molecule has 2 heterocycles. The van der Waals surface area contributed by atoms with Gasteiger partial charge in [0.2, 0.25) is 17.7 Å². The molecule has 1 atom stereocenters. The Morgan fingerprint density at radius 2 is 1.83 bits per heavy atom. The summed E-state index contributed by atoms with van der Waals surface area (Å²) in [6.07, 6.45) is -4.48. The Morgan fingerprint density at radius 3 is 2.47 bits per heavy atom. The number of nitrogens with zero attached hydrogens (tertiary/aromatic N) is 3. The van der Waals surface area contributed by atoms with Crippen LogP contribution in [0.25, 0.3) is 0 Å². The molecule has 2 N–H and O–H groups in total. The van der Waals surface area contributed by atoms with Gasteiger partial charge in [-0.1, -0.05) is 19.9 Å². The number of anilines is 1. The van der Waals surface area contributed by atoms with E-state index in [-0.39, 0.29) is 29.3 Å². The molecular weight excluding hydrogens is 403 g/mol. The fourth-order valence-electron chi connectivity index (χ4n) is 2.25. The first-order chi connectivity index (χ1) is 13.9. The molecule has 0 aromatic carbocycles. The van der Waals surface area contributed by atoms with Crippen molar-refractivity contribution in [2.45, 2.75) is 39.9 Å². The first-order valence-corrected chi connectivity index (χ1v) is 9.08. The number of hydrogen-bond acceptors (Lipinski definition) is 6. The number of nitrogens with one attached hydrogen (secondary N) is 2. The summed E-state index contributed by atoms with van der Waals surface area (Å²) in [5.41, 5.74) is 0.808. The lowest BCUT2D eigenvalue weighted by molar-refractivity contribution is -0.154. The van der Waals surface area contributed by atoms with Crippen molar-refractivity contribution in [1.82, 2.24) is 20.3 Å². The van der Waals surface area contributed by atoms with Gasteiger partial charge in [-0.05, 0) is 26.0 Å². The second-order valence-electron chi connectivity index (χ2n) is 6.86. The molecule has 0 bridgehead atoms. The third-order valence-corrected chi connectivity index (χ3v) is 3.77. The number of carbonyl (C=O) groups excluding carboxylic acids is 2. The summed E-state index contributed by atoms with van der Waals surface area (Å²) >= 11 is 0. The van der Waals surface area contributed by atoms with Crippen LogP contribution in [0.15, 0.2) is 24.3 Å². The number of amides is 2. The van der Waals surface area contributed by atoms with Crippen molar-refractivity contribution in [3.63, 3.8) is 0 Å². The summed E-state index contributed by atoms with van der Waals surface area (Å²) in [5, 5.41) is 5.19. The minimum absolute atomic E-state index is 0.00664. The van der Waals surface area contributed by atoms with Gasteiger partial charge in [-0.25, -0.2) is 15.0 Å². The van der Waals surface area contributed by atoms with E-state index >= 15 is 0 Å². The summed E-state index contributed by atoms with van der Waals surface area (Å²) in [6, 6.07) is 5.12. The Balaban J connectivity index is 2.10. The van der Waals surface area contributed by atoms with Crippen molar-refractivity contribution in [3.05, 3.63) is 41.3 Å². The van der Waals surface area contributed by atoms with Crippen molar-refractivity contribution in [3.8, 4) is 5.88 Å². The highest BCUT2D eigenvalue weighted by Gasteiger charge is 2.28. The van der Waals surface area contributed by atoms with Crippen molar-refractivity contribution < 1.29 is 27.5 Å². The summed E-state index contributed by atoms with van der Waals surface area (Å²) in [4.78, 5) is 36.5. The van der Waals surface area contributed by atoms with E-state index in [2.05, 4.69) is 30.3 Å². The zero-order chi connectivity index (χ0) is 22.5.